The van der Waals surface area contributed by atoms with E-state index in [0.29, 0.717) is 6.54 Å². The molecule has 0 bridgehead atoms. The Hall–Kier alpha value is -2.73. The summed E-state index contributed by atoms with van der Waals surface area (Å²) in [5.41, 5.74) is 3.38. The van der Waals surface area contributed by atoms with Crippen LogP contribution in [0.4, 0.5) is 5.69 Å². The lowest BCUT2D eigenvalue weighted by atomic mass is 10.0. The van der Waals surface area contributed by atoms with Gasteiger partial charge in [0.2, 0.25) is 5.91 Å². The first-order chi connectivity index (χ1) is 14.6. The van der Waals surface area contributed by atoms with Crippen molar-refractivity contribution in [1.82, 2.24) is 4.90 Å². The number of hydrogen-bond donors (Lipinski definition) is 0. The number of ether oxygens (including phenoxy) is 3. The van der Waals surface area contributed by atoms with Gasteiger partial charge in [-0.2, -0.15) is 0 Å². The molecule has 0 radical (unpaired) electrons. The molecule has 4 rings (SSSR count). The number of aryl methyl sites for hydroxylation is 1. The molecule has 2 aromatic rings. The molecule has 0 saturated carbocycles. The van der Waals surface area contributed by atoms with Crippen LogP contribution in [0.3, 0.4) is 0 Å². The van der Waals surface area contributed by atoms with Crippen molar-refractivity contribution >= 4 is 11.6 Å². The van der Waals surface area contributed by atoms with Crippen LogP contribution in [0.1, 0.15) is 36.4 Å². The van der Waals surface area contributed by atoms with E-state index < -0.39 is 0 Å². The highest BCUT2D eigenvalue weighted by Crippen LogP contribution is 2.37. The molecule has 2 aliphatic heterocycles. The molecular weight excluding hydrogens is 380 g/mol. The Morgan fingerprint density at radius 3 is 2.57 bits per heavy atom. The Balaban J connectivity index is 1.51. The molecule has 1 saturated heterocycles. The zero-order valence-corrected chi connectivity index (χ0v) is 18.0. The van der Waals surface area contributed by atoms with Crippen LogP contribution in [0, 0.1) is 0 Å². The number of methoxy groups -OCH3 is 3. The molecule has 0 aliphatic carbocycles. The van der Waals surface area contributed by atoms with Crippen molar-refractivity contribution in [2.75, 3.05) is 45.9 Å². The van der Waals surface area contributed by atoms with Gasteiger partial charge in [0.15, 0.2) is 11.5 Å². The van der Waals surface area contributed by atoms with Crippen molar-refractivity contribution in [3.63, 3.8) is 0 Å². The fourth-order valence-corrected chi connectivity index (χ4v) is 4.67. The second kappa shape index (κ2) is 8.96. The van der Waals surface area contributed by atoms with Gasteiger partial charge < -0.3 is 19.1 Å². The van der Waals surface area contributed by atoms with Crippen LogP contribution in [0.25, 0.3) is 0 Å². The largest absolute Gasteiger partial charge is 0.497 e. The maximum atomic E-state index is 13.3. The maximum absolute atomic E-state index is 13.3. The van der Waals surface area contributed by atoms with E-state index in [4.69, 9.17) is 14.2 Å². The number of nitrogens with zero attached hydrogens (tertiary/aromatic N) is 2. The van der Waals surface area contributed by atoms with Crippen LogP contribution in [0.15, 0.2) is 36.4 Å². The second-order valence-corrected chi connectivity index (χ2v) is 7.89. The van der Waals surface area contributed by atoms with E-state index in [1.807, 2.05) is 29.2 Å². The van der Waals surface area contributed by atoms with Crippen molar-refractivity contribution in [2.45, 2.75) is 31.7 Å². The molecule has 1 amide bonds. The summed E-state index contributed by atoms with van der Waals surface area (Å²) >= 11 is 0. The highest BCUT2D eigenvalue weighted by molar-refractivity contribution is 5.96. The van der Waals surface area contributed by atoms with Crippen LogP contribution in [-0.2, 0) is 11.2 Å². The number of fused-ring (bicyclic) bond motifs is 1. The molecular formula is C24H30N2O4. The molecule has 6 nitrogen and oxygen atoms in total. The first-order valence-electron chi connectivity index (χ1n) is 10.6. The molecule has 1 fully saturated rings. The van der Waals surface area contributed by atoms with Gasteiger partial charge in [0.05, 0.1) is 27.9 Å². The molecule has 0 aromatic heterocycles. The van der Waals surface area contributed by atoms with E-state index in [9.17, 15) is 4.79 Å². The molecule has 6 heteroatoms. The minimum atomic E-state index is 0.161. The maximum Gasteiger partial charge on any atom is 0.241 e. The van der Waals surface area contributed by atoms with E-state index in [1.165, 1.54) is 11.1 Å². The molecule has 0 N–H and O–H groups in total. The van der Waals surface area contributed by atoms with E-state index in [-0.39, 0.29) is 11.9 Å². The van der Waals surface area contributed by atoms with Gasteiger partial charge in [-0.05, 0) is 73.7 Å². The van der Waals surface area contributed by atoms with Crippen LogP contribution >= 0.6 is 0 Å². The highest BCUT2D eigenvalue weighted by atomic mass is 16.5. The summed E-state index contributed by atoms with van der Waals surface area (Å²) in [4.78, 5) is 17.5. The average Bonchev–Trinajstić information content (AvgIpc) is 3.25. The van der Waals surface area contributed by atoms with Crippen molar-refractivity contribution in [3.8, 4) is 17.2 Å². The minimum absolute atomic E-state index is 0.161. The molecule has 2 aliphatic rings. The quantitative estimate of drug-likeness (QED) is 0.725. The molecule has 2 aromatic carbocycles. The zero-order chi connectivity index (χ0) is 21.1. The van der Waals surface area contributed by atoms with Gasteiger partial charge in [0.1, 0.15) is 5.75 Å². The Kier molecular flexibility index (Phi) is 6.13. The molecule has 0 unspecified atom stereocenters. The Bertz CT molecular complexity index is 914. The lowest BCUT2D eigenvalue weighted by molar-refractivity contribution is -0.120. The number of likely N-dealkylation sites (tertiary alicyclic amines) is 1. The molecule has 160 valence electrons. The summed E-state index contributed by atoms with van der Waals surface area (Å²) < 4.78 is 16.2. The molecule has 30 heavy (non-hydrogen) atoms. The monoisotopic (exact) mass is 410 g/mol. The summed E-state index contributed by atoms with van der Waals surface area (Å²) in [6.07, 6.45) is 4.08. The fraction of sp³-hybridized carbons (Fsp3) is 0.458. The third-order valence-electron chi connectivity index (χ3n) is 6.20. The highest BCUT2D eigenvalue weighted by Gasteiger charge is 2.31. The van der Waals surface area contributed by atoms with Crippen LogP contribution in [-0.4, -0.2) is 51.8 Å². The second-order valence-electron chi connectivity index (χ2n) is 7.89. The van der Waals surface area contributed by atoms with Gasteiger partial charge in [0.25, 0.3) is 0 Å². The SMILES string of the molecule is COc1ccc2c(c1)CCCN2C(=O)CN1CCC[C@H]1c1ccc(OC)c(OC)c1. The van der Waals surface area contributed by atoms with Crippen molar-refractivity contribution in [1.29, 1.82) is 0 Å². The third-order valence-corrected chi connectivity index (χ3v) is 6.20. The van der Waals surface area contributed by atoms with Gasteiger partial charge in [-0.3, -0.25) is 9.69 Å². The van der Waals surface area contributed by atoms with Crippen LogP contribution < -0.4 is 19.1 Å². The Labute approximate surface area is 178 Å². The number of anilines is 1. The predicted octanol–water partition coefficient (Wildman–Crippen LogP) is 3.83. The van der Waals surface area contributed by atoms with Gasteiger partial charge in [0, 0.05) is 18.3 Å². The van der Waals surface area contributed by atoms with Gasteiger partial charge in [-0.1, -0.05) is 6.07 Å². The number of rotatable bonds is 6. The summed E-state index contributed by atoms with van der Waals surface area (Å²) in [6.45, 7) is 2.12. The van der Waals surface area contributed by atoms with Crippen molar-refractivity contribution in [2.24, 2.45) is 0 Å². The van der Waals surface area contributed by atoms with E-state index >= 15 is 0 Å². The Morgan fingerprint density at radius 1 is 0.967 bits per heavy atom. The summed E-state index contributed by atoms with van der Waals surface area (Å²) in [5.74, 6) is 2.46. The number of amides is 1. The summed E-state index contributed by atoms with van der Waals surface area (Å²) in [6, 6.07) is 12.3. The average molecular weight is 411 g/mol. The Morgan fingerprint density at radius 2 is 1.80 bits per heavy atom. The first-order valence-corrected chi connectivity index (χ1v) is 10.6. The molecule has 1 atom stereocenters. The lowest BCUT2D eigenvalue weighted by Gasteiger charge is -2.32. The minimum Gasteiger partial charge on any atom is -0.497 e. The van der Waals surface area contributed by atoms with Crippen molar-refractivity contribution < 1.29 is 19.0 Å². The third kappa shape index (κ3) is 3.97. The van der Waals surface area contributed by atoms with Gasteiger partial charge in [-0.25, -0.2) is 0 Å². The van der Waals surface area contributed by atoms with Crippen molar-refractivity contribution in [3.05, 3.63) is 47.5 Å². The number of carbonyl (C=O) groups is 1. The number of carbonyl (C=O) groups excluding carboxylic acids is 1. The zero-order valence-electron chi connectivity index (χ0n) is 18.0. The summed E-state index contributed by atoms with van der Waals surface area (Å²) in [5, 5.41) is 0. The first kappa shape index (κ1) is 20.5. The number of hydrogen-bond acceptors (Lipinski definition) is 5. The predicted molar refractivity (Wildman–Crippen MR) is 117 cm³/mol. The standard InChI is InChI=1S/C24H30N2O4/c1-28-19-9-10-21-17(14-19)6-4-13-26(21)24(27)16-25-12-5-7-20(25)18-8-11-22(29-2)23(15-18)30-3/h8-11,14-15,20H,4-7,12-13,16H2,1-3H3/t20-/m0/s1. The van der Waals surface area contributed by atoms with E-state index in [0.717, 1.165) is 61.7 Å². The number of benzene rings is 2. The van der Waals surface area contributed by atoms with Crippen LogP contribution in [0.2, 0.25) is 0 Å². The van der Waals surface area contributed by atoms with E-state index in [2.05, 4.69) is 17.0 Å². The van der Waals surface area contributed by atoms with Crippen LogP contribution in [0.5, 0.6) is 17.2 Å². The normalized spacial score (nSPS) is 18.8. The summed E-state index contributed by atoms with van der Waals surface area (Å²) in [7, 11) is 4.97. The topological polar surface area (TPSA) is 51.2 Å². The smallest absolute Gasteiger partial charge is 0.241 e. The van der Waals surface area contributed by atoms with E-state index in [1.54, 1.807) is 21.3 Å². The lowest BCUT2D eigenvalue weighted by Crippen LogP contribution is -2.42. The fourth-order valence-electron chi connectivity index (χ4n) is 4.67. The van der Waals surface area contributed by atoms with Gasteiger partial charge >= 0.3 is 0 Å². The van der Waals surface area contributed by atoms with Gasteiger partial charge in [-0.15, -0.1) is 0 Å². The molecule has 2 heterocycles. The molecule has 0 spiro atoms.